The van der Waals surface area contributed by atoms with Gasteiger partial charge in [0, 0.05) is 41.7 Å². The quantitative estimate of drug-likeness (QED) is 0.787. The molecule has 1 amide bonds. The molecule has 5 nitrogen and oxygen atoms in total. The SMILES string of the molecule is COc1ccc(C(=O)N2CCc3[nH]c4ccccc4c3CC2)cc1OC. The van der Waals surface area contributed by atoms with Gasteiger partial charge in [0.05, 0.1) is 14.2 Å². The first-order valence-electron chi connectivity index (χ1n) is 8.81. The minimum absolute atomic E-state index is 0.0282. The molecule has 3 aromatic rings. The van der Waals surface area contributed by atoms with E-state index in [0.717, 1.165) is 12.8 Å². The number of rotatable bonds is 3. The van der Waals surface area contributed by atoms with Crippen molar-refractivity contribution < 1.29 is 14.3 Å². The second-order valence-electron chi connectivity index (χ2n) is 6.49. The molecule has 0 spiro atoms. The Kier molecular flexibility index (Phi) is 4.29. The van der Waals surface area contributed by atoms with Crippen LogP contribution in [0.3, 0.4) is 0 Å². The average molecular weight is 350 g/mol. The predicted molar refractivity (Wildman–Crippen MR) is 101 cm³/mol. The van der Waals surface area contributed by atoms with Gasteiger partial charge >= 0.3 is 0 Å². The lowest BCUT2D eigenvalue weighted by Gasteiger charge is -2.21. The van der Waals surface area contributed by atoms with Gasteiger partial charge in [0.2, 0.25) is 0 Å². The zero-order valence-electron chi connectivity index (χ0n) is 15.0. The number of amides is 1. The van der Waals surface area contributed by atoms with E-state index < -0.39 is 0 Å². The minimum atomic E-state index is 0.0282. The third kappa shape index (κ3) is 2.79. The zero-order chi connectivity index (χ0) is 18.1. The number of carbonyl (C=O) groups is 1. The van der Waals surface area contributed by atoms with Crippen molar-refractivity contribution in [3.05, 3.63) is 59.3 Å². The molecule has 0 bridgehead atoms. The number of benzene rings is 2. The molecule has 0 saturated heterocycles. The van der Waals surface area contributed by atoms with Crippen molar-refractivity contribution in [3.63, 3.8) is 0 Å². The van der Waals surface area contributed by atoms with E-state index in [0.29, 0.717) is 30.2 Å². The van der Waals surface area contributed by atoms with Crippen LogP contribution in [0.1, 0.15) is 21.6 Å². The minimum Gasteiger partial charge on any atom is -0.493 e. The topological polar surface area (TPSA) is 54.6 Å². The number of hydrogen-bond acceptors (Lipinski definition) is 3. The average Bonchev–Trinajstić information content (AvgIpc) is 2.91. The molecular weight excluding hydrogens is 328 g/mol. The summed E-state index contributed by atoms with van der Waals surface area (Å²) < 4.78 is 10.6. The fraction of sp³-hybridized carbons (Fsp3) is 0.286. The summed E-state index contributed by atoms with van der Waals surface area (Å²) in [7, 11) is 3.17. The Morgan fingerprint density at radius 1 is 1.00 bits per heavy atom. The van der Waals surface area contributed by atoms with Crippen LogP contribution in [-0.2, 0) is 12.8 Å². The summed E-state index contributed by atoms with van der Waals surface area (Å²) in [5, 5.41) is 1.27. The fourth-order valence-electron chi connectivity index (χ4n) is 3.72. The van der Waals surface area contributed by atoms with Crippen LogP contribution in [0.2, 0.25) is 0 Å². The van der Waals surface area contributed by atoms with Crippen molar-refractivity contribution in [2.24, 2.45) is 0 Å². The lowest BCUT2D eigenvalue weighted by Crippen LogP contribution is -2.33. The Bertz CT molecular complexity index is 961. The summed E-state index contributed by atoms with van der Waals surface area (Å²) in [4.78, 5) is 18.4. The van der Waals surface area contributed by atoms with Crippen LogP contribution in [0.4, 0.5) is 0 Å². The van der Waals surface area contributed by atoms with Crippen LogP contribution < -0.4 is 9.47 Å². The molecule has 1 aliphatic rings. The molecule has 4 rings (SSSR count). The van der Waals surface area contributed by atoms with Crippen molar-refractivity contribution >= 4 is 16.8 Å². The van der Waals surface area contributed by atoms with Gasteiger partial charge in [0.1, 0.15) is 0 Å². The second-order valence-corrected chi connectivity index (χ2v) is 6.49. The number of methoxy groups -OCH3 is 2. The Morgan fingerprint density at radius 2 is 1.77 bits per heavy atom. The predicted octanol–water partition coefficient (Wildman–Crippen LogP) is 3.43. The van der Waals surface area contributed by atoms with E-state index in [1.165, 1.54) is 22.2 Å². The van der Waals surface area contributed by atoms with Gasteiger partial charge in [-0.1, -0.05) is 18.2 Å². The number of aromatic amines is 1. The summed E-state index contributed by atoms with van der Waals surface area (Å²) in [6.45, 7) is 1.41. The molecule has 26 heavy (non-hydrogen) atoms. The molecule has 1 N–H and O–H groups in total. The Hall–Kier alpha value is -2.95. The van der Waals surface area contributed by atoms with Crippen LogP contribution >= 0.6 is 0 Å². The van der Waals surface area contributed by atoms with E-state index in [9.17, 15) is 4.79 Å². The second kappa shape index (κ2) is 6.75. The number of H-pyrrole nitrogens is 1. The van der Waals surface area contributed by atoms with Gasteiger partial charge in [0.25, 0.3) is 5.91 Å². The van der Waals surface area contributed by atoms with Crippen LogP contribution in [0, 0.1) is 0 Å². The third-order valence-corrected chi connectivity index (χ3v) is 5.08. The zero-order valence-corrected chi connectivity index (χ0v) is 15.0. The molecule has 0 saturated carbocycles. The number of hydrogen-bond donors (Lipinski definition) is 1. The van der Waals surface area contributed by atoms with E-state index in [1.54, 1.807) is 32.4 Å². The molecular formula is C21H22N2O3. The van der Waals surface area contributed by atoms with E-state index >= 15 is 0 Å². The number of aromatic nitrogens is 1. The highest BCUT2D eigenvalue weighted by Gasteiger charge is 2.23. The molecule has 0 fully saturated rings. The molecule has 5 heteroatoms. The van der Waals surface area contributed by atoms with Crippen LogP contribution in [0.25, 0.3) is 10.9 Å². The summed E-state index contributed by atoms with van der Waals surface area (Å²) in [5.41, 5.74) is 4.38. The van der Waals surface area contributed by atoms with Gasteiger partial charge in [-0.2, -0.15) is 0 Å². The van der Waals surface area contributed by atoms with E-state index in [1.807, 2.05) is 11.0 Å². The summed E-state index contributed by atoms with van der Waals surface area (Å²) in [5.74, 6) is 1.23. The first-order valence-corrected chi connectivity index (χ1v) is 8.81. The lowest BCUT2D eigenvalue weighted by atomic mass is 10.1. The normalized spacial score (nSPS) is 14.0. The molecule has 2 aromatic carbocycles. The monoisotopic (exact) mass is 350 g/mol. The molecule has 1 aromatic heterocycles. The van der Waals surface area contributed by atoms with Gasteiger partial charge in [-0.25, -0.2) is 0 Å². The van der Waals surface area contributed by atoms with Crippen molar-refractivity contribution in [1.29, 1.82) is 0 Å². The van der Waals surface area contributed by atoms with Gasteiger partial charge in [-0.3, -0.25) is 4.79 Å². The van der Waals surface area contributed by atoms with Crippen molar-refractivity contribution in [3.8, 4) is 11.5 Å². The Balaban J connectivity index is 1.57. The van der Waals surface area contributed by atoms with Crippen molar-refractivity contribution in [1.82, 2.24) is 9.88 Å². The highest BCUT2D eigenvalue weighted by molar-refractivity contribution is 5.95. The molecule has 0 unspecified atom stereocenters. The van der Waals surface area contributed by atoms with Gasteiger partial charge in [0.15, 0.2) is 11.5 Å². The summed E-state index contributed by atoms with van der Waals surface area (Å²) in [6, 6.07) is 13.7. The van der Waals surface area contributed by atoms with Crippen molar-refractivity contribution in [2.75, 3.05) is 27.3 Å². The summed E-state index contributed by atoms with van der Waals surface area (Å²) >= 11 is 0. The van der Waals surface area contributed by atoms with Crippen LogP contribution in [-0.4, -0.2) is 43.1 Å². The maximum absolute atomic E-state index is 13.0. The molecule has 0 radical (unpaired) electrons. The molecule has 1 aliphatic heterocycles. The largest absolute Gasteiger partial charge is 0.493 e. The van der Waals surface area contributed by atoms with E-state index in [2.05, 4.69) is 23.2 Å². The third-order valence-electron chi connectivity index (χ3n) is 5.08. The van der Waals surface area contributed by atoms with Gasteiger partial charge in [-0.05, 0) is 36.2 Å². The van der Waals surface area contributed by atoms with E-state index in [-0.39, 0.29) is 5.91 Å². The molecule has 134 valence electrons. The first-order chi connectivity index (χ1) is 12.7. The van der Waals surface area contributed by atoms with Crippen LogP contribution in [0.5, 0.6) is 11.5 Å². The van der Waals surface area contributed by atoms with E-state index in [4.69, 9.17) is 9.47 Å². The fourth-order valence-corrected chi connectivity index (χ4v) is 3.72. The highest BCUT2D eigenvalue weighted by atomic mass is 16.5. The number of carbonyl (C=O) groups excluding carboxylic acids is 1. The number of para-hydroxylation sites is 1. The standard InChI is InChI=1S/C21H22N2O3/c1-25-19-8-7-14(13-20(19)26-2)21(24)23-11-9-16-15-5-3-4-6-17(15)22-18(16)10-12-23/h3-8,13,22H,9-12H2,1-2H3. The first kappa shape index (κ1) is 16.5. The van der Waals surface area contributed by atoms with Crippen molar-refractivity contribution in [2.45, 2.75) is 12.8 Å². The smallest absolute Gasteiger partial charge is 0.254 e. The maximum atomic E-state index is 13.0. The molecule has 0 aliphatic carbocycles. The Labute approximate surface area is 152 Å². The molecule has 0 atom stereocenters. The maximum Gasteiger partial charge on any atom is 0.254 e. The summed E-state index contributed by atoms with van der Waals surface area (Å²) in [6.07, 6.45) is 1.70. The number of ether oxygens (including phenoxy) is 2. The van der Waals surface area contributed by atoms with Gasteiger partial charge in [-0.15, -0.1) is 0 Å². The van der Waals surface area contributed by atoms with Crippen LogP contribution in [0.15, 0.2) is 42.5 Å². The number of nitrogens with one attached hydrogen (secondary N) is 1. The Morgan fingerprint density at radius 3 is 2.58 bits per heavy atom. The molecule has 2 heterocycles. The lowest BCUT2D eigenvalue weighted by molar-refractivity contribution is 0.0762. The highest BCUT2D eigenvalue weighted by Crippen LogP contribution is 2.29. The van der Waals surface area contributed by atoms with Gasteiger partial charge < -0.3 is 19.4 Å². The number of nitrogens with zero attached hydrogens (tertiary/aromatic N) is 1. The number of fused-ring (bicyclic) bond motifs is 3.